The Kier molecular flexibility index (Phi) is 5.66. The van der Waals surface area contributed by atoms with Gasteiger partial charge >= 0.3 is 0 Å². The van der Waals surface area contributed by atoms with Crippen LogP contribution in [0.2, 0.25) is 0 Å². The molecule has 2 aliphatic rings. The number of rotatable bonds is 4. The van der Waals surface area contributed by atoms with Crippen LogP contribution < -0.4 is 0 Å². The predicted molar refractivity (Wildman–Crippen MR) is 78.6 cm³/mol. The summed E-state index contributed by atoms with van der Waals surface area (Å²) in [6, 6.07) is 0. The number of piperidine rings is 1. The Morgan fingerprint density at radius 2 is 2.05 bits per heavy atom. The molecule has 0 atom stereocenters. The van der Waals surface area contributed by atoms with E-state index in [2.05, 4.69) is 28.9 Å². The van der Waals surface area contributed by atoms with E-state index in [1.807, 2.05) is 6.92 Å². The van der Waals surface area contributed by atoms with E-state index in [4.69, 9.17) is 0 Å². The van der Waals surface area contributed by atoms with Crippen molar-refractivity contribution in [3.05, 3.63) is 23.3 Å². The van der Waals surface area contributed by atoms with Crippen LogP contribution in [-0.4, -0.2) is 31.2 Å². The molecule has 1 saturated heterocycles. The normalized spacial score (nSPS) is 21.4. The summed E-state index contributed by atoms with van der Waals surface area (Å²) in [6.45, 7) is 4.91. The minimum atomic E-state index is -0.183. The number of likely N-dealkylation sites (tertiary alicyclic amines) is 1. The van der Waals surface area contributed by atoms with E-state index in [9.17, 15) is 4.39 Å². The van der Waals surface area contributed by atoms with Crippen molar-refractivity contribution in [2.45, 2.75) is 39.0 Å². The molecule has 0 aromatic carbocycles. The first-order valence-corrected chi connectivity index (χ1v) is 7.44. The monoisotopic (exact) mass is 261 g/mol. The van der Waals surface area contributed by atoms with Crippen molar-refractivity contribution in [2.75, 3.05) is 26.3 Å². The third-order valence-electron chi connectivity index (χ3n) is 4.19. The maximum Gasteiger partial charge on any atom is 0.0906 e. The van der Waals surface area contributed by atoms with Gasteiger partial charge in [0.05, 0.1) is 6.67 Å². The van der Waals surface area contributed by atoms with Crippen LogP contribution in [0, 0.1) is 17.8 Å². The van der Waals surface area contributed by atoms with E-state index in [0.717, 1.165) is 32.0 Å². The van der Waals surface area contributed by atoms with Crippen LogP contribution in [0.5, 0.6) is 0 Å². The summed E-state index contributed by atoms with van der Waals surface area (Å²) in [7, 11) is 0. The molecule has 104 valence electrons. The first kappa shape index (κ1) is 14.3. The number of allylic oxidation sites excluding steroid dienone is 4. The highest BCUT2D eigenvalue weighted by atomic mass is 19.1. The lowest BCUT2D eigenvalue weighted by molar-refractivity contribution is 0.190. The van der Waals surface area contributed by atoms with E-state index in [1.54, 1.807) is 5.57 Å². The molecule has 0 aromatic rings. The highest BCUT2D eigenvalue weighted by Gasteiger charge is 2.22. The Labute approximate surface area is 116 Å². The summed E-state index contributed by atoms with van der Waals surface area (Å²) in [5.41, 5.74) is 2.87. The highest BCUT2D eigenvalue weighted by molar-refractivity contribution is 5.36. The van der Waals surface area contributed by atoms with E-state index in [-0.39, 0.29) is 6.67 Å². The quantitative estimate of drug-likeness (QED) is 0.697. The minimum Gasteiger partial charge on any atom is -0.303 e. The number of nitrogens with zero attached hydrogens (tertiary/aromatic N) is 1. The molecule has 0 saturated carbocycles. The van der Waals surface area contributed by atoms with Gasteiger partial charge in [-0.25, -0.2) is 0 Å². The fraction of sp³-hybridized carbons (Fsp3) is 0.647. The van der Waals surface area contributed by atoms with Crippen molar-refractivity contribution in [3.63, 3.8) is 0 Å². The van der Waals surface area contributed by atoms with Crippen LogP contribution in [0.4, 0.5) is 4.39 Å². The molecule has 0 unspecified atom stereocenters. The van der Waals surface area contributed by atoms with Gasteiger partial charge in [-0.1, -0.05) is 23.6 Å². The van der Waals surface area contributed by atoms with Gasteiger partial charge < -0.3 is 4.90 Å². The molecule has 1 aliphatic carbocycles. The third-order valence-corrected chi connectivity index (χ3v) is 4.19. The van der Waals surface area contributed by atoms with Gasteiger partial charge in [0, 0.05) is 12.1 Å². The maximum atomic E-state index is 12.2. The zero-order valence-electron chi connectivity index (χ0n) is 11.9. The molecule has 0 amide bonds. The molecule has 1 fully saturated rings. The van der Waals surface area contributed by atoms with E-state index >= 15 is 0 Å². The van der Waals surface area contributed by atoms with Crippen molar-refractivity contribution in [1.82, 2.24) is 4.90 Å². The van der Waals surface area contributed by atoms with E-state index in [1.165, 1.54) is 24.8 Å². The summed E-state index contributed by atoms with van der Waals surface area (Å²) in [5.74, 6) is 6.88. The molecular weight excluding hydrogens is 237 g/mol. The molecule has 1 heterocycles. The summed E-state index contributed by atoms with van der Waals surface area (Å²) < 4.78 is 12.2. The van der Waals surface area contributed by atoms with Crippen LogP contribution >= 0.6 is 0 Å². The van der Waals surface area contributed by atoms with E-state index in [0.29, 0.717) is 6.42 Å². The smallest absolute Gasteiger partial charge is 0.0906 e. The van der Waals surface area contributed by atoms with Crippen LogP contribution in [0.15, 0.2) is 23.3 Å². The van der Waals surface area contributed by atoms with Crippen molar-refractivity contribution in [3.8, 4) is 11.8 Å². The zero-order valence-corrected chi connectivity index (χ0v) is 11.9. The molecule has 0 bridgehead atoms. The summed E-state index contributed by atoms with van der Waals surface area (Å²) in [4.78, 5) is 2.41. The Balaban J connectivity index is 1.83. The summed E-state index contributed by atoms with van der Waals surface area (Å²) in [6.07, 6.45) is 9.94. The van der Waals surface area contributed by atoms with Gasteiger partial charge in [0.25, 0.3) is 0 Å². The molecule has 2 rings (SSSR count). The second kappa shape index (κ2) is 7.50. The number of hydrogen-bond donors (Lipinski definition) is 0. The molecule has 0 aromatic heterocycles. The van der Waals surface area contributed by atoms with Crippen LogP contribution in [0.25, 0.3) is 0 Å². The Bertz CT molecular complexity index is 403. The van der Waals surface area contributed by atoms with Gasteiger partial charge in [-0.15, -0.1) is 5.92 Å². The Morgan fingerprint density at radius 1 is 1.26 bits per heavy atom. The van der Waals surface area contributed by atoms with Gasteiger partial charge in [-0.2, -0.15) is 0 Å². The second-order valence-electron chi connectivity index (χ2n) is 5.47. The standard InChI is InChI=1S/C17H24FN/c1-2-4-15-5-7-16(8-6-15)17-9-13-19(14-10-17)12-3-11-18/h5,7,17H,3,6,8-14H2,1H3. The van der Waals surface area contributed by atoms with Crippen LogP contribution in [-0.2, 0) is 0 Å². The fourth-order valence-corrected chi connectivity index (χ4v) is 3.07. The summed E-state index contributed by atoms with van der Waals surface area (Å²) in [5, 5.41) is 0. The molecule has 0 spiro atoms. The van der Waals surface area contributed by atoms with Crippen molar-refractivity contribution < 1.29 is 4.39 Å². The predicted octanol–water partition coefficient (Wildman–Crippen LogP) is 3.73. The van der Waals surface area contributed by atoms with Crippen molar-refractivity contribution in [1.29, 1.82) is 0 Å². The molecule has 19 heavy (non-hydrogen) atoms. The van der Waals surface area contributed by atoms with Gasteiger partial charge in [-0.3, -0.25) is 4.39 Å². The number of alkyl halides is 1. The average Bonchev–Trinajstić information content (AvgIpc) is 2.47. The topological polar surface area (TPSA) is 3.24 Å². The largest absolute Gasteiger partial charge is 0.303 e. The maximum absolute atomic E-state index is 12.2. The first-order chi connectivity index (χ1) is 9.33. The van der Waals surface area contributed by atoms with Crippen LogP contribution in [0.3, 0.4) is 0 Å². The Hall–Kier alpha value is -1.07. The van der Waals surface area contributed by atoms with Gasteiger partial charge in [-0.05, 0) is 58.0 Å². The first-order valence-electron chi connectivity index (χ1n) is 7.44. The van der Waals surface area contributed by atoms with Gasteiger partial charge in [0.1, 0.15) is 0 Å². The minimum absolute atomic E-state index is 0.183. The lowest BCUT2D eigenvalue weighted by atomic mass is 9.83. The van der Waals surface area contributed by atoms with E-state index < -0.39 is 0 Å². The van der Waals surface area contributed by atoms with Gasteiger partial charge in [0.15, 0.2) is 0 Å². The van der Waals surface area contributed by atoms with Crippen molar-refractivity contribution >= 4 is 0 Å². The van der Waals surface area contributed by atoms with Gasteiger partial charge in [0.2, 0.25) is 0 Å². The SMILES string of the molecule is CC#CC1=CC=C(C2CCN(CCCF)CC2)CC1. The molecule has 1 aliphatic heterocycles. The lowest BCUT2D eigenvalue weighted by Crippen LogP contribution is -2.35. The second-order valence-corrected chi connectivity index (χ2v) is 5.47. The third kappa shape index (κ3) is 4.21. The number of hydrogen-bond acceptors (Lipinski definition) is 1. The van der Waals surface area contributed by atoms with Crippen LogP contribution in [0.1, 0.15) is 39.0 Å². The Morgan fingerprint density at radius 3 is 2.63 bits per heavy atom. The summed E-state index contributed by atoms with van der Waals surface area (Å²) >= 11 is 0. The number of halogens is 1. The zero-order chi connectivity index (χ0) is 13.5. The van der Waals surface area contributed by atoms with Crippen molar-refractivity contribution in [2.24, 2.45) is 5.92 Å². The molecular formula is C17H24FN. The molecule has 0 N–H and O–H groups in total. The highest BCUT2D eigenvalue weighted by Crippen LogP contribution is 2.31. The fourth-order valence-electron chi connectivity index (χ4n) is 3.07. The average molecular weight is 261 g/mol. The molecule has 1 nitrogen and oxygen atoms in total. The molecule has 0 radical (unpaired) electrons. The molecule has 2 heteroatoms. The lowest BCUT2D eigenvalue weighted by Gasteiger charge is -2.33.